The molecular formula is C17H20N2. The van der Waals surface area contributed by atoms with Crippen molar-refractivity contribution in [3.05, 3.63) is 65.0 Å². The summed E-state index contributed by atoms with van der Waals surface area (Å²) < 4.78 is 0. The fraction of sp³-hybridized carbons (Fsp3) is 0.353. The van der Waals surface area contributed by atoms with Gasteiger partial charge in [0.25, 0.3) is 0 Å². The Balaban J connectivity index is 1.71. The van der Waals surface area contributed by atoms with Crippen LogP contribution in [0.3, 0.4) is 0 Å². The minimum atomic E-state index is 0.408. The average molecular weight is 252 g/mol. The van der Waals surface area contributed by atoms with Crippen molar-refractivity contribution in [2.75, 3.05) is 0 Å². The molecular weight excluding hydrogens is 232 g/mol. The van der Waals surface area contributed by atoms with E-state index in [1.807, 2.05) is 12.3 Å². The van der Waals surface area contributed by atoms with Gasteiger partial charge in [0.2, 0.25) is 0 Å². The average Bonchev–Trinajstić information content (AvgIpc) is 2.45. The molecule has 3 rings (SSSR count). The number of fused-ring (bicyclic) bond motifs is 1. The van der Waals surface area contributed by atoms with Crippen LogP contribution >= 0.6 is 0 Å². The lowest BCUT2D eigenvalue weighted by Crippen LogP contribution is -2.25. The predicted molar refractivity (Wildman–Crippen MR) is 77.9 cm³/mol. The van der Waals surface area contributed by atoms with Crippen LogP contribution in [0.2, 0.25) is 0 Å². The number of rotatable bonds is 3. The predicted octanol–water partition coefficient (Wildman–Crippen LogP) is 3.56. The maximum absolute atomic E-state index is 4.57. The Morgan fingerprint density at radius 2 is 2.21 bits per heavy atom. The molecule has 1 atom stereocenters. The van der Waals surface area contributed by atoms with Gasteiger partial charge in [0, 0.05) is 12.7 Å². The molecule has 1 aromatic carbocycles. The number of hydrogen-bond donors (Lipinski definition) is 1. The minimum Gasteiger partial charge on any atom is -0.305 e. The summed E-state index contributed by atoms with van der Waals surface area (Å²) in [4.78, 5) is 4.57. The molecule has 2 nitrogen and oxygen atoms in total. The van der Waals surface area contributed by atoms with Gasteiger partial charge >= 0.3 is 0 Å². The number of aryl methyl sites for hydroxylation is 2. The minimum absolute atomic E-state index is 0.408. The third kappa shape index (κ3) is 2.85. The van der Waals surface area contributed by atoms with Gasteiger partial charge < -0.3 is 5.32 Å². The van der Waals surface area contributed by atoms with Crippen LogP contribution < -0.4 is 5.32 Å². The molecule has 1 unspecified atom stereocenters. The topological polar surface area (TPSA) is 24.9 Å². The molecule has 1 heterocycles. The molecule has 0 bridgehead atoms. The van der Waals surface area contributed by atoms with Crippen molar-refractivity contribution in [2.45, 2.75) is 38.8 Å². The molecule has 2 heteroatoms. The van der Waals surface area contributed by atoms with E-state index in [1.54, 1.807) is 0 Å². The van der Waals surface area contributed by atoms with Crippen LogP contribution in [-0.2, 0) is 13.0 Å². The maximum Gasteiger partial charge on any atom is 0.0605 e. The molecule has 0 saturated carbocycles. The Bertz CT molecular complexity index is 563. The molecule has 0 radical (unpaired) electrons. The summed E-state index contributed by atoms with van der Waals surface area (Å²) in [5, 5.41) is 3.66. The van der Waals surface area contributed by atoms with E-state index in [0.29, 0.717) is 6.04 Å². The van der Waals surface area contributed by atoms with Gasteiger partial charge in [-0.1, -0.05) is 35.9 Å². The van der Waals surface area contributed by atoms with Crippen LogP contribution in [0.15, 0.2) is 42.6 Å². The van der Waals surface area contributed by atoms with E-state index in [4.69, 9.17) is 0 Å². The Labute approximate surface area is 114 Å². The number of hydrogen-bond acceptors (Lipinski definition) is 2. The summed E-state index contributed by atoms with van der Waals surface area (Å²) in [5.41, 5.74) is 5.33. The highest BCUT2D eigenvalue weighted by molar-refractivity contribution is 5.26. The molecule has 0 amide bonds. The van der Waals surface area contributed by atoms with Crippen LogP contribution in [0.4, 0.5) is 0 Å². The SMILES string of the molecule is Cc1cccc(CNC2CCCc3cccnc32)c1. The zero-order valence-electron chi connectivity index (χ0n) is 11.4. The lowest BCUT2D eigenvalue weighted by molar-refractivity contribution is 0.447. The van der Waals surface area contributed by atoms with Crippen molar-refractivity contribution < 1.29 is 0 Å². The lowest BCUT2D eigenvalue weighted by Gasteiger charge is -2.25. The first kappa shape index (κ1) is 12.4. The summed E-state index contributed by atoms with van der Waals surface area (Å²) in [6.07, 6.45) is 5.53. The van der Waals surface area contributed by atoms with Crippen LogP contribution in [0.1, 0.15) is 41.3 Å². The molecule has 0 aliphatic heterocycles. The summed E-state index contributed by atoms with van der Waals surface area (Å²) in [6, 6.07) is 13.4. The van der Waals surface area contributed by atoms with Crippen molar-refractivity contribution in [3.8, 4) is 0 Å². The monoisotopic (exact) mass is 252 g/mol. The molecule has 0 spiro atoms. The van der Waals surface area contributed by atoms with E-state index in [0.717, 1.165) is 6.54 Å². The van der Waals surface area contributed by atoms with Crippen molar-refractivity contribution >= 4 is 0 Å². The highest BCUT2D eigenvalue weighted by Gasteiger charge is 2.20. The fourth-order valence-electron chi connectivity index (χ4n) is 2.87. The third-order valence-electron chi connectivity index (χ3n) is 3.83. The second kappa shape index (κ2) is 5.54. The molecule has 2 aromatic rings. The van der Waals surface area contributed by atoms with Gasteiger partial charge in [-0.15, -0.1) is 0 Å². The van der Waals surface area contributed by atoms with E-state index in [1.165, 1.54) is 41.6 Å². The molecule has 0 saturated heterocycles. The van der Waals surface area contributed by atoms with Gasteiger partial charge in [0.05, 0.1) is 11.7 Å². The van der Waals surface area contributed by atoms with Gasteiger partial charge in [-0.2, -0.15) is 0 Å². The second-order valence-corrected chi connectivity index (χ2v) is 5.36. The first-order valence-corrected chi connectivity index (χ1v) is 7.05. The number of aromatic nitrogens is 1. The molecule has 0 fully saturated rings. The van der Waals surface area contributed by atoms with Crippen LogP contribution in [0, 0.1) is 6.92 Å². The van der Waals surface area contributed by atoms with Crippen molar-refractivity contribution in [1.82, 2.24) is 10.3 Å². The van der Waals surface area contributed by atoms with Gasteiger partial charge in [-0.05, 0) is 43.4 Å². The zero-order valence-corrected chi connectivity index (χ0v) is 11.4. The number of pyridine rings is 1. The Kier molecular flexibility index (Phi) is 3.60. The van der Waals surface area contributed by atoms with Gasteiger partial charge in [0.1, 0.15) is 0 Å². The standard InChI is InChI=1S/C17H20N2/c1-13-5-2-6-14(11-13)12-19-16-9-3-7-15-8-4-10-18-17(15)16/h2,4-6,8,10-11,16,19H,3,7,9,12H2,1H3. The Hall–Kier alpha value is -1.67. The van der Waals surface area contributed by atoms with Crippen molar-refractivity contribution in [1.29, 1.82) is 0 Å². The smallest absolute Gasteiger partial charge is 0.0605 e. The van der Waals surface area contributed by atoms with Crippen LogP contribution in [0.5, 0.6) is 0 Å². The summed E-state index contributed by atoms with van der Waals surface area (Å²) in [5.74, 6) is 0. The molecule has 98 valence electrons. The first-order valence-electron chi connectivity index (χ1n) is 7.05. The van der Waals surface area contributed by atoms with Crippen molar-refractivity contribution in [2.24, 2.45) is 0 Å². The maximum atomic E-state index is 4.57. The van der Waals surface area contributed by atoms with Gasteiger partial charge in [-0.25, -0.2) is 0 Å². The fourth-order valence-corrected chi connectivity index (χ4v) is 2.87. The van der Waals surface area contributed by atoms with Gasteiger partial charge in [0.15, 0.2) is 0 Å². The summed E-state index contributed by atoms with van der Waals surface area (Å²) >= 11 is 0. The molecule has 19 heavy (non-hydrogen) atoms. The van der Waals surface area contributed by atoms with Crippen LogP contribution in [0.25, 0.3) is 0 Å². The summed E-state index contributed by atoms with van der Waals surface area (Å²) in [6.45, 7) is 3.06. The van der Waals surface area contributed by atoms with E-state index in [2.05, 4.69) is 47.6 Å². The molecule has 1 aliphatic carbocycles. The van der Waals surface area contributed by atoms with Crippen molar-refractivity contribution in [3.63, 3.8) is 0 Å². The lowest BCUT2D eigenvalue weighted by atomic mass is 9.92. The largest absolute Gasteiger partial charge is 0.305 e. The van der Waals surface area contributed by atoms with Gasteiger partial charge in [-0.3, -0.25) is 4.98 Å². The highest BCUT2D eigenvalue weighted by Crippen LogP contribution is 2.27. The van der Waals surface area contributed by atoms with E-state index >= 15 is 0 Å². The Morgan fingerprint density at radius 1 is 1.26 bits per heavy atom. The number of benzene rings is 1. The van der Waals surface area contributed by atoms with E-state index < -0.39 is 0 Å². The first-order chi connectivity index (χ1) is 9.33. The van der Waals surface area contributed by atoms with E-state index in [-0.39, 0.29) is 0 Å². The second-order valence-electron chi connectivity index (χ2n) is 5.36. The number of nitrogens with one attached hydrogen (secondary N) is 1. The van der Waals surface area contributed by atoms with Crippen LogP contribution in [-0.4, -0.2) is 4.98 Å². The third-order valence-corrected chi connectivity index (χ3v) is 3.83. The molecule has 1 aromatic heterocycles. The number of nitrogens with zero attached hydrogens (tertiary/aromatic N) is 1. The molecule has 1 aliphatic rings. The summed E-state index contributed by atoms with van der Waals surface area (Å²) in [7, 11) is 0. The zero-order chi connectivity index (χ0) is 13.1. The Morgan fingerprint density at radius 3 is 3.11 bits per heavy atom. The van der Waals surface area contributed by atoms with E-state index in [9.17, 15) is 0 Å². The normalized spacial score (nSPS) is 18.1. The highest BCUT2D eigenvalue weighted by atomic mass is 14.9. The quantitative estimate of drug-likeness (QED) is 0.903. The molecule has 1 N–H and O–H groups in total.